The van der Waals surface area contributed by atoms with Gasteiger partial charge in [0.25, 0.3) is 0 Å². The highest BCUT2D eigenvalue weighted by atomic mass is 15.3. The van der Waals surface area contributed by atoms with Crippen LogP contribution in [0.5, 0.6) is 0 Å². The lowest BCUT2D eigenvalue weighted by atomic mass is 10.3. The Labute approximate surface area is 97.4 Å². The molecule has 2 rings (SSSR count). The molecule has 0 aliphatic heterocycles. The van der Waals surface area contributed by atoms with Crippen molar-refractivity contribution < 1.29 is 0 Å². The third-order valence-electron chi connectivity index (χ3n) is 2.95. The van der Waals surface area contributed by atoms with Gasteiger partial charge in [-0.3, -0.25) is 4.68 Å². The van der Waals surface area contributed by atoms with E-state index in [-0.39, 0.29) is 0 Å². The lowest BCUT2D eigenvalue weighted by Gasteiger charge is -2.05. The van der Waals surface area contributed by atoms with Crippen LogP contribution in [0.1, 0.15) is 30.7 Å². The minimum Gasteiger partial charge on any atom is -0.314 e. The first-order chi connectivity index (χ1) is 7.75. The van der Waals surface area contributed by atoms with E-state index in [4.69, 9.17) is 0 Å². The summed E-state index contributed by atoms with van der Waals surface area (Å²) in [4.78, 5) is 0. The molecule has 2 N–H and O–H groups in total. The molecule has 0 unspecified atom stereocenters. The Kier molecular flexibility index (Phi) is 3.96. The largest absolute Gasteiger partial charge is 0.314 e. The highest BCUT2D eigenvalue weighted by Crippen LogP contribution is 2.18. The number of hydrogen-bond donors (Lipinski definition) is 2. The van der Waals surface area contributed by atoms with Crippen molar-refractivity contribution in [1.29, 1.82) is 0 Å². The van der Waals surface area contributed by atoms with Crippen LogP contribution in [0.4, 0.5) is 0 Å². The van der Waals surface area contributed by atoms with Gasteiger partial charge in [-0.05, 0) is 45.3 Å². The third kappa shape index (κ3) is 3.61. The van der Waals surface area contributed by atoms with Gasteiger partial charge in [-0.25, -0.2) is 0 Å². The number of hydrogen-bond acceptors (Lipinski definition) is 3. The second-order valence-electron chi connectivity index (χ2n) is 4.66. The maximum Gasteiger partial charge on any atom is 0.0597 e. The molecule has 1 aliphatic carbocycles. The molecule has 0 aromatic carbocycles. The van der Waals surface area contributed by atoms with Gasteiger partial charge in [-0.1, -0.05) is 0 Å². The molecule has 1 saturated carbocycles. The van der Waals surface area contributed by atoms with E-state index in [2.05, 4.69) is 21.8 Å². The quantitative estimate of drug-likeness (QED) is 0.675. The van der Waals surface area contributed by atoms with Gasteiger partial charge in [0.05, 0.1) is 11.4 Å². The molecule has 0 bridgehead atoms. The van der Waals surface area contributed by atoms with E-state index in [0.717, 1.165) is 31.4 Å². The molecule has 0 saturated heterocycles. The monoisotopic (exact) mass is 222 g/mol. The fraction of sp³-hybridized carbons (Fsp3) is 0.750. The van der Waals surface area contributed by atoms with E-state index >= 15 is 0 Å². The van der Waals surface area contributed by atoms with Crippen molar-refractivity contribution in [2.75, 3.05) is 13.1 Å². The van der Waals surface area contributed by atoms with Crippen molar-refractivity contribution in [3.63, 3.8) is 0 Å². The van der Waals surface area contributed by atoms with Gasteiger partial charge in [0, 0.05) is 19.6 Å². The second kappa shape index (κ2) is 5.46. The SMILES string of the molecule is Cc1cc(CNCCCNC2CC2)n(C)n1. The van der Waals surface area contributed by atoms with Crippen LogP contribution in [0, 0.1) is 6.92 Å². The van der Waals surface area contributed by atoms with Crippen LogP contribution in [0.15, 0.2) is 6.07 Å². The standard InChI is InChI=1S/C12H22N4/c1-10-8-12(16(2)15-10)9-13-6-3-7-14-11-4-5-11/h8,11,13-14H,3-7,9H2,1-2H3. The summed E-state index contributed by atoms with van der Waals surface area (Å²) >= 11 is 0. The Balaban J connectivity index is 1.54. The fourth-order valence-electron chi connectivity index (χ4n) is 1.85. The lowest BCUT2D eigenvalue weighted by molar-refractivity contribution is 0.575. The summed E-state index contributed by atoms with van der Waals surface area (Å²) in [7, 11) is 2.00. The summed E-state index contributed by atoms with van der Waals surface area (Å²) in [5.41, 5.74) is 2.35. The summed E-state index contributed by atoms with van der Waals surface area (Å²) in [6.07, 6.45) is 3.96. The topological polar surface area (TPSA) is 41.9 Å². The summed E-state index contributed by atoms with van der Waals surface area (Å²) in [6.45, 7) is 5.16. The zero-order valence-corrected chi connectivity index (χ0v) is 10.3. The summed E-state index contributed by atoms with van der Waals surface area (Å²) in [6, 6.07) is 2.97. The van der Waals surface area contributed by atoms with Crippen LogP contribution in [0.3, 0.4) is 0 Å². The Morgan fingerprint density at radius 3 is 2.88 bits per heavy atom. The smallest absolute Gasteiger partial charge is 0.0597 e. The highest BCUT2D eigenvalue weighted by molar-refractivity contribution is 5.08. The Morgan fingerprint density at radius 1 is 1.44 bits per heavy atom. The first-order valence-electron chi connectivity index (χ1n) is 6.19. The number of nitrogens with one attached hydrogen (secondary N) is 2. The van der Waals surface area contributed by atoms with Crippen molar-refractivity contribution in [2.45, 2.75) is 38.8 Å². The van der Waals surface area contributed by atoms with Crippen LogP contribution in [0.25, 0.3) is 0 Å². The van der Waals surface area contributed by atoms with Gasteiger partial charge >= 0.3 is 0 Å². The van der Waals surface area contributed by atoms with E-state index < -0.39 is 0 Å². The zero-order valence-electron chi connectivity index (χ0n) is 10.3. The number of nitrogens with zero attached hydrogens (tertiary/aromatic N) is 2. The van der Waals surface area contributed by atoms with E-state index in [0.29, 0.717) is 0 Å². The van der Waals surface area contributed by atoms with Crippen molar-refractivity contribution in [3.05, 3.63) is 17.5 Å². The summed E-state index contributed by atoms with van der Waals surface area (Å²) < 4.78 is 1.95. The van der Waals surface area contributed by atoms with E-state index in [1.54, 1.807) is 0 Å². The Morgan fingerprint density at radius 2 is 2.25 bits per heavy atom. The normalized spacial score (nSPS) is 15.6. The first kappa shape index (κ1) is 11.6. The van der Waals surface area contributed by atoms with Crippen molar-refractivity contribution in [1.82, 2.24) is 20.4 Å². The first-order valence-corrected chi connectivity index (χ1v) is 6.19. The minimum atomic E-state index is 0.833. The van der Waals surface area contributed by atoms with Crippen LogP contribution < -0.4 is 10.6 Å². The predicted molar refractivity (Wildman–Crippen MR) is 65.3 cm³/mol. The highest BCUT2D eigenvalue weighted by Gasteiger charge is 2.19. The maximum absolute atomic E-state index is 4.32. The summed E-state index contributed by atoms with van der Waals surface area (Å²) in [5, 5.41) is 11.3. The van der Waals surface area contributed by atoms with Crippen molar-refractivity contribution in [2.24, 2.45) is 7.05 Å². The van der Waals surface area contributed by atoms with Gasteiger partial charge in [0.2, 0.25) is 0 Å². The van der Waals surface area contributed by atoms with Gasteiger partial charge in [0.1, 0.15) is 0 Å². The average Bonchev–Trinajstić information content (AvgIpc) is 2.99. The molecule has 1 aliphatic rings. The molecule has 16 heavy (non-hydrogen) atoms. The maximum atomic E-state index is 4.32. The van der Waals surface area contributed by atoms with E-state index in [1.165, 1.54) is 25.0 Å². The molecular formula is C12H22N4. The van der Waals surface area contributed by atoms with Crippen LogP contribution in [-0.4, -0.2) is 28.9 Å². The second-order valence-corrected chi connectivity index (χ2v) is 4.66. The molecule has 1 heterocycles. The molecule has 1 aromatic heterocycles. The molecule has 0 atom stereocenters. The van der Waals surface area contributed by atoms with Crippen molar-refractivity contribution >= 4 is 0 Å². The molecule has 0 spiro atoms. The van der Waals surface area contributed by atoms with Gasteiger partial charge < -0.3 is 10.6 Å². The lowest BCUT2D eigenvalue weighted by Crippen LogP contribution is -2.23. The van der Waals surface area contributed by atoms with E-state index in [1.807, 2.05) is 18.7 Å². The molecule has 0 radical (unpaired) electrons. The number of aromatic nitrogens is 2. The third-order valence-corrected chi connectivity index (χ3v) is 2.95. The van der Waals surface area contributed by atoms with Crippen LogP contribution in [0.2, 0.25) is 0 Å². The summed E-state index contributed by atoms with van der Waals surface area (Å²) in [5.74, 6) is 0. The van der Waals surface area contributed by atoms with Crippen LogP contribution in [-0.2, 0) is 13.6 Å². The molecule has 4 nitrogen and oxygen atoms in total. The Hall–Kier alpha value is -0.870. The van der Waals surface area contributed by atoms with Gasteiger partial charge in [-0.15, -0.1) is 0 Å². The average molecular weight is 222 g/mol. The van der Waals surface area contributed by atoms with E-state index in [9.17, 15) is 0 Å². The van der Waals surface area contributed by atoms with Crippen LogP contribution >= 0.6 is 0 Å². The molecule has 1 aromatic rings. The molecule has 0 amide bonds. The van der Waals surface area contributed by atoms with Crippen molar-refractivity contribution in [3.8, 4) is 0 Å². The number of rotatable bonds is 7. The minimum absolute atomic E-state index is 0.833. The molecule has 90 valence electrons. The molecule has 4 heteroatoms. The van der Waals surface area contributed by atoms with Gasteiger partial charge in [-0.2, -0.15) is 5.10 Å². The molecular weight excluding hydrogens is 200 g/mol. The molecule has 1 fully saturated rings. The van der Waals surface area contributed by atoms with Gasteiger partial charge in [0.15, 0.2) is 0 Å². The fourth-order valence-corrected chi connectivity index (χ4v) is 1.85. The predicted octanol–water partition coefficient (Wildman–Crippen LogP) is 0.960. The Bertz CT molecular complexity index is 328. The zero-order chi connectivity index (χ0) is 11.4. The number of aryl methyl sites for hydroxylation is 2.